The van der Waals surface area contributed by atoms with E-state index in [1.165, 1.54) is 25.7 Å². The number of hydrogen-bond donors (Lipinski definition) is 2. The molecule has 4 nitrogen and oxygen atoms in total. The molecule has 18 heavy (non-hydrogen) atoms. The summed E-state index contributed by atoms with van der Waals surface area (Å²) >= 11 is 0. The number of aryl methyl sites for hydroxylation is 1. The second-order valence-corrected chi connectivity index (χ2v) is 5.28. The summed E-state index contributed by atoms with van der Waals surface area (Å²) in [5.74, 6) is 8.73. The van der Waals surface area contributed by atoms with Gasteiger partial charge in [-0.1, -0.05) is 20.3 Å². The van der Waals surface area contributed by atoms with Crippen molar-refractivity contribution in [2.45, 2.75) is 58.8 Å². The van der Waals surface area contributed by atoms with E-state index in [1.807, 2.05) is 0 Å². The highest BCUT2D eigenvalue weighted by Crippen LogP contribution is 2.38. The van der Waals surface area contributed by atoms with Crippen LogP contribution in [0.2, 0.25) is 0 Å². The number of rotatable bonds is 4. The van der Waals surface area contributed by atoms with Gasteiger partial charge >= 0.3 is 0 Å². The summed E-state index contributed by atoms with van der Waals surface area (Å²) < 4.78 is 0. The number of nitrogen functional groups attached to an aromatic ring is 1. The van der Waals surface area contributed by atoms with Gasteiger partial charge in [0.2, 0.25) is 0 Å². The molecule has 2 rings (SSSR count). The molecule has 0 spiro atoms. The van der Waals surface area contributed by atoms with Crippen LogP contribution in [0, 0.1) is 12.8 Å². The Morgan fingerprint density at radius 3 is 2.61 bits per heavy atom. The van der Waals surface area contributed by atoms with Gasteiger partial charge in [0.1, 0.15) is 11.6 Å². The van der Waals surface area contributed by atoms with Crippen LogP contribution in [0.1, 0.15) is 62.5 Å². The van der Waals surface area contributed by atoms with E-state index in [1.54, 1.807) is 0 Å². The molecule has 0 aliphatic heterocycles. The average Bonchev–Trinajstić information content (AvgIpc) is 2.86. The predicted molar refractivity (Wildman–Crippen MR) is 74.3 cm³/mol. The molecule has 1 aliphatic rings. The molecule has 0 saturated heterocycles. The molecule has 3 N–H and O–H groups in total. The monoisotopic (exact) mass is 248 g/mol. The van der Waals surface area contributed by atoms with Gasteiger partial charge in [0.15, 0.2) is 0 Å². The van der Waals surface area contributed by atoms with Crippen molar-refractivity contribution in [1.82, 2.24) is 9.97 Å². The number of nitrogens with two attached hydrogens (primary N) is 1. The summed E-state index contributed by atoms with van der Waals surface area (Å²) in [5.41, 5.74) is 4.92. The maximum Gasteiger partial charge on any atom is 0.147 e. The Morgan fingerprint density at radius 2 is 2.06 bits per heavy atom. The smallest absolute Gasteiger partial charge is 0.147 e. The van der Waals surface area contributed by atoms with Crippen LogP contribution >= 0.6 is 0 Å². The van der Waals surface area contributed by atoms with E-state index in [0.29, 0.717) is 5.92 Å². The van der Waals surface area contributed by atoms with Crippen LogP contribution in [0.5, 0.6) is 0 Å². The van der Waals surface area contributed by atoms with E-state index >= 15 is 0 Å². The fourth-order valence-corrected chi connectivity index (χ4v) is 3.02. The summed E-state index contributed by atoms with van der Waals surface area (Å²) in [4.78, 5) is 9.32. The summed E-state index contributed by atoms with van der Waals surface area (Å²) in [5, 5.41) is 0. The first-order valence-corrected chi connectivity index (χ1v) is 7.03. The Balaban J connectivity index is 2.27. The summed E-state index contributed by atoms with van der Waals surface area (Å²) in [6.45, 7) is 6.43. The zero-order chi connectivity index (χ0) is 13.1. The predicted octanol–water partition coefficient (Wildman–Crippen LogP) is 2.93. The Morgan fingerprint density at radius 1 is 1.28 bits per heavy atom. The normalized spacial score (nSPS) is 23.3. The van der Waals surface area contributed by atoms with Crippen LogP contribution in [0.25, 0.3) is 0 Å². The highest BCUT2D eigenvalue weighted by Gasteiger charge is 2.27. The fourth-order valence-electron chi connectivity index (χ4n) is 3.02. The molecule has 100 valence electrons. The lowest BCUT2D eigenvalue weighted by molar-refractivity contribution is 0.516. The minimum atomic E-state index is 0.520. The average molecular weight is 248 g/mol. The quantitative estimate of drug-likeness (QED) is 0.635. The summed E-state index contributed by atoms with van der Waals surface area (Å²) in [6, 6.07) is 0. The number of aromatic nitrogens is 2. The first-order chi connectivity index (χ1) is 8.69. The van der Waals surface area contributed by atoms with Gasteiger partial charge in [0.05, 0.1) is 0 Å². The lowest BCUT2D eigenvalue weighted by atomic mass is 10.0. The number of hydrogen-bond acceptors (Lipinski definition) is 4. The van der Waals surface area contributed by atoms with Crippen molar-refractivity contribution in [2.75, 3.05) is 5.43 Å². The van der Waals surface area contributed by atoms with Crippen molar-refractivity contribution in [3.8, 4) is 0 Å². The molecule has 0 aromatic carbocycles. The number of anilines is 1. The molecule has 2 unspecified atom stereocenters. The second-order valence-electron chi connectivity index (χ2n) is 5.28. The van der Waals surface area contributed by atoms with E-state index < -0.39 is 0 Å². The highest BCUT2D eigenvalue weighted by molar-refractivity contribution is 5.45. The first kappa shape index (κ1) is 13.3. The third-order valence-electron chi connectivity index (χ3n) is 4.21. The fraction of sp³-hybridized carbons (Fsp3) is 0.714. The Bertz CT molecular complexity index is 417. The van der Waals surface area contributed by atoms with Crippen molar-refractivity contribution < 1.29 is 0 Å². The Kier molecular flexibility index (Phi) is 4.17. The number of nitrogens with zero attached hydrogens (tertiary/aromatic N) is 2. The zero-order valence-corrected chi connectivity index (χ0v) is 11.7. The Labute approximate surface area is 109 Å². The molecule has 0 bridgehead atoms. The minimum absolute atomic E-state index is 0.520. The van der Waals surface area contributed by atoms with E-state index in [4.69, 9.17) is 10.8 Å². The standard InChI is InChI=1S/C14H24N4/c1-4-10-6-7-11(8-10)13-16-9(3)12(5-2)14(17-13)18-15/h10-11H,4-8,15H2,1-3H3,(H,16,17,18). The van der Waals surface area contributed by atoms with Crippen molar-refractivity contribution in [2.24, 2.45) is 11.8 Å². The lowest BCUT2D eigenvalue weighted by Crippen LogP contribution is -2.15. The molecule has 0 radical (unpaired) electrons. The third kappa shape index (κ3) is 2.48. The van der Waals surface area contributed by atoms with Crippen molar-refractivity contribution in [3.63, 3.8) is 0 Å². The Hall–Kier alpha value is -1.16. The van der Waals surface area contributed by atoms with Gasteiger partial charge < -0.3 is 5.43 Å². The molecule has 1 heterocycles. The van der Waals surface area contributed by atoms with E-state index in [9.17, 15) is 0 Å². The number of hydrazine groups is 1. The van der Waals surface area contributed by atoms with Gasteiger partial charge in [-0.3, -0.25) is 0 Å². The molecule has 1 aromatic rings. The minimum Gasteiger partial charge on any atom is -0.308 e. The van der Waals surface area contributed by atoms with Gasteiger partial charge in [0, 0.05) is 17.2 Å². The highest BCUT2D eigenvalue weighted by atomic mass is 15.3. The summed E-state index contributed by atoms with van der Waals surface area (Å²) in [6.07, 6.45) is 5.93. The first-order valence-electron chi connectivity index (χ1n) is 7.03. The zero-order valence-electron chi connectivity index (χ0n) is 11.7. The SMILES string of the molecule is CCc1c(C)nc(C2CCC(CC)C2)nc1NN. The maximum absolute atomic E-state index is 5.58. The van der Waals surface area contributed by atoms with Crippen LogP contribution in [-0.2, 0) is 6.42 Å². The molecular weight excluding hydrogens is 224 g/mol. The molecule has 1 saturated carbocycles. The lowest BCUT2D eigenvalue weighted by Gasteiger charge is -2.15. The van der Waals surface area contributed by atoms with Gasteiger partial charge in [-0.25, -0.2) is 15.8 Å². The van der Waals surface area contributed by atoms with Crippen LogP contribution in [0.3, 0.4) is 0 Å². The molecular formula is C14H24N4. The van der Waals surface area contributed by atoms with Crippen LogP contribution in [0.15, 0.2) is 0 Å². The second kappa shape index (κ2) is 5.65. The molecule has 2 atom stereocenters. The molecule has 1 fully saturated rings. The van der Waals surface area contributed by atoms with Crippen molar-refractivity contribution in [1.29, 1.82) is 0 Å². The van der Waals surface area contributed by atoms with Gasteiger partial charge in [-0.05, 0) is 38.5 Å². The van der Waals surface area contributed by atoms with E-state index in [-0.39, 0.29) is 0 Å². The molecule has 1 aliphatic carbocycles. The van der Waals surface area contributed by atoms with Crippen LogP contribution in [0.4, 0.5) is 5.82 Å². The van der Waals surface area contributed by atoms with Crippen LogP contribution < -0.4 is 11.3 Å². The van der Waals surface area contributed by atoms with Crippen LogP contribution in [-0.4, -0.2) is 9.97 Å². The van der Waals surface area contributed by atoms with Gasteiger partial charge in [-0.15, -0.1) is 0 Å². The number of nitrogens with one attached hydrogen (secondary N) is 1. The van der Waals surface area contributed by atoms with E-state index in [2.05, 4.69) is 31.2 Å². The largest absolute Gasteiger partial charge is 0.308 e. The van der Waals surface area contributed by atoms with Gasteiger partial charge in [0.25, 0.3) is 0 Å². The van der Waals surface area contributed by atoms with Gasteiger partial charge in [-0.2, -0.15) is 0 Å². The molecule has 4 heteroatoms. The third-order valence-corrected chi connectivity index (χ3v) is 4.21. The molecule has 0 amide bonds. The van der Waals surface area contributed by atoms with Crippen molar-refractivity contribution in [3.05, 3.63) is 17.1 Å². The molecule has 1 aromatic heterocycles. The van der Waals surface area contributed by atoms with E-state index in [0.717, 1.165) is 35.2 Å². The summed E-state index contributed by atoms with van der Waals surface area (Å²) in [7, 11) is 0. The topological polar surface area (TPSA) is 63.8 Å². The van der Waals surface area contributed by atoms with Crippen molar-refractivity contribution >= 4 is 5.82 Å². The maximum atomic E-state index is 5.58.